The van der Waals surface area contributed by atoms with Gasteiger partial charge in [-0.1, -0.05) is 49.0 Å². The van der Waals surface area contributed by atoms with Crippen LogP contribution in [0.4, 0.5) is 10.3 Å². The van der Waals surface area contributed by atoms with E-state index in [9.17, 15) is 4.39 Å². The van der Waals surface area contributed by atoms with Crippen molar-refractivity contribution >= 4 is 5.88 Å². The minimum absolute atomic E-state index is 0.205. The van der Waals surface area contributed by atoms with Crippen LogP contribution >= 0.6 is 0 Å². The van der Waals surface area contributed by atoms with Gasteiger partial charge in [0.05, 0.1) is 11.3 Å². The fourth-order valence-electron chi connectivity index (χ4n) is 3.10. The summed E-state index contributed by atoms with van der Waals surface area (Å²) in [5, 5.41) is 4.03. The molecule has 0 radical (unpaired) electrons. The van der Waals surface area contributed by atoms with Crippen LogP contribution in [0.1, 0.15) is 37.8 Å². The number of nitrogens with two attached hydrogens (primary N) is 1. The number of rotatable bonds is 4. The molecule has 0 bridgehead atoms. The molecule has 0 atom stereocenters. The average molecular weight is 274 g/mol. The molecule has 106 valence electrons. The first-order chi connectivity index (χ1) is 9.75. The van der Waals surface area contributed by atoms with Crippen LogP contribution < -0.4 is 5.73 Å². The molecule has 1 aromatic heterocycles. The van der Waals surface area contributed by atoms with Gasteiger partial charge < -0.3 is 10.3 Å². The number of nitrogens with zero attached hydrogens (tertiary/aromatic N) is 1. The van der Waals surface area contributed by atoms with Gasteiger partial charge in [0.15, 0.2) is 0 Å². The summed E-state index contributed by atoms with van der Waals surface area (Å²) in [4.78, 5) is 0. The Hall–Kier alpha value is -1.84. The summed E-state index contributed by atoms with van der Waals surface area (Å²) in [6.45, 7) is 0. The average Bonchev–Trinajstić information content (AvgIpc) is 3.07. The molecule has 0 amide bonds. The first-order valence-corrected chi connectivity index (χ1v) is 7.24. The zero-order valence-corrected chi connectivity index (χ0v) is 11.4. The number of benzene rings is 1. The highest BCUT2D eigenvalue weighted by molar-refractivity contribution is 5.75. The van der Waals surface area contributed by atoms with Gasteiger partial charge in [-0.2, -0.15) is 0 Å². The molecule has 0 spiro atoms. The van der Waals surface area contributed by atoms with E-state index in [1.54, 1.807) is 18.2 Å². The second-order valence-corrected chi connectivity index (χ2v) is 5.54. The van der Waals surface area contributed by atoms with Crippen LogP contribution in [0.5, 0.6) is 0 Å². The van der Waals surface area contributed by atoms with Crippen LogP contribution in [0.15, 0.2) is 28.8 Å². The third-order valence-corrected chi connectivity index (χ3v) is 4.20. The third kappa shape index (κ3) is 2.55. The second-order valence-electron chi connectivity index (χ2n) is 5.54. The maximum Gasteiger partial charge on any atom is 0.230 e. The predicted octanol–water partition coefficient (Wildman–Crippen LogP) is 4.19. The van der Waals surface area contributed by atoms with E-state index in [1.807, 2.05) is 0 Å². The molecule has 1 aliphatic rings. The van der Waals surface area contributed by atoms with Crippen LogP contribution in [-0.2, 0) is 6.42 Å². The molecule has 1 aromatic carbocycles. The summed E-state index contributed by atoms with van der Waals surface area (Å²) < 4.78 is 19.0. The molecule has 3 rings (SSSR count). The zero-order valence-electron chi connectivity index (χ0n) is 11.4. The minimum atomic E-state index is -0.287. The van der Waals surface area contributed by atoms with Gasteiger partial charge in [0, 0.05) is 5.56 Å². The van der Waals surface area contributed by atoms with E-state index in [0.717, 1.165) is 24.5 Å². The number of hydrogen-bond acceptors (Lipinski definition) is 3. The number of anilines is 1. The Morgan fingerprint density at radius 1 is 1.25 bits per heavy atom. The topological polar surface area (TPSA) is 52.0 Å². The lowest BCUT2D eigenvalue weighted by molar-refractivity contribution is 0.419. The predicted molar refractivity (Wildman–Crippen MR) is 76.6 cm³/mol. The van der Waals surface area contributed by atoms with Gasteiger partial charge in [-0.05, 0) is 24.8 Å². The van der Waals surface area contributed by atoms with Crippen LogP contribution in [0.25, 0.3) is 11.1 Å². The number of hydrogen-bond donors (Lipinski definition) is 1. The standard InChI is InChI=1S/C16H19FN2O/c17-13-8-4-3-7-12(13)15-14(19-20-16(15)18)10-9-11-5-1-2-6-11/h3-4,7-8,11H,1-2,5-6,9-10,18H2. The first kappa shape index (κ1) is 13.2. The lowest BCUT2D eigenvalue weighted by Gasteiger charge is -2.08. The summed E-state index contributed by atoms with van der Waals surface area (Å²) in [7, 11) is 0. The molecule has 0 aliphatic heterocycles. The number of halogens is 1. The van der Waals surface area contributed by atoms with E-state index in [1.165, 1.54) is 31.7 Å². The first-order valence-electron chi connectivity index (χ1n) is 7.24. The van der Waals surface area contributed by atoms with Crippen LogP contribution in [0.2, 0.25) is 0 Å². The van der Waals surface area contributed by atoms with E-state index in [0.29, 0.717) is 11.1 Å². The van der Waals surface area contributed by atoms with Gasteiger partial charge in [0.2, 0.25) is 5.88 Å². The van der Waals surface area contributed by atoms with E-state index < -0.39 is 0 Å². The molecule has 3 nitrogen and oxygen atoms in total. The molecule has 0 unspecified atom stereocenters. The molecule has 1 aliphatic carbocycles. The van der Waals surface area contributed by atoms with Crippen LogP contribution in [0, 0.1) is 11.7 Å². The lowest BCUT2D eigenvalue weighted by atomic mass is 9.97. The van der Waals surface area contributed by atoms with Gasteiger partial charge in [0.25, 0.3) is 0 Å². The summed E-state index contributed by atoms with van der Waals surface area (Å²) in [5.41, 5.74) is 7.71. The quantitative estimate of drug-likeness (QED) is 0.909. The Labute approximate surface area is 118 Å². The van der Waals surface area contributed by atoms with E-state index in [2.05, 4.69) is 5.16 Å². The van der Waals surface area contributed by atoms with Crippen molar-refractivity contribution in [2.75, 3.05) is 5.73 Å². The van der Waals surface area contributed by atoms with Crippen LogP contribution in [0.3, 0.4) is 0 Å². The van der Waals surface area contributed by atoms with Crippen LogP contribution in [-0.4, -0.2) is 5.16 Å². The summed E-state index contributed by atoms with van der Waals surface area (Å²) >= 11 is 0. The monoisotopic (exact) mass is 274 g/mol. The molecule has 1 fully saturated rings. The van der Waals surface area contributed by atoms with Crippen molar-refractivity contribution in [3.63, 3.8) is 0 Å². The highest BCUT2D eigenvalue weighted by Crippen LogP contribution is 2.34. The van der Waals surface area contributed by atoms with Crippen molar-refractivity contribution in [1.82, 2.24) is 5.16 Å². The maximum absolute atomic E-state index is 13.9. The molecular weight excluding hydrogens is 255 g/mol. The number of nitrogen functional groups attached to an aromatic ring is 1. The van der Waals surface area contributed by atoms with Gasteiger partial charge in [-0.25, -0.2) is 4.39 Å². The van der Waals surface area contributed by atoms with E-state index in [4.69, 9.17) is 10.3 Å². The molecule has 1 heterocycles. The van der Waals surface area contributed by atoms with E-state index in [-0.39, 0.29) is 11.7 Å². The Bertz CT molecular complexity index is 588. The van der Waals surface area contributed by atoms with Crippen molar-refractivity contribution in [3.05, 3.63) is 35.8 Å². The van der Waals surface area contributed by atoms with Crippen molar-refractivity contribution in [2.45, 2.75) is 38.5 Å². The second kappa shape index (κ2) is 5.65. The normalized spacial score (nSPS) is 15.8. The lowest BCUT2D eigenvalue weighted by Crippen LogP contribution is -1.99. The van der Waals surface area contributed by atoms with Crippen molar-refractivity contribution in [3.8, 4) is 11.1 Å². The van der Waals surface area contributed by atoms with Gasteiger partial charge in [-0.15, -0.1) is 0 Å². The largest absolute Gasteiger partial charge is 0.367 e. The molecule has 0 saturated heterocycles. The molecule has 2 aromatic rings. The fraction of sp³-hybridized carbons (Fsp3) is 0.438. The molecule has 20 heavy (non-hydrogen) atoms. The Morgan fingerprint density at radius 3 is 2.75 bits per heavy atom. The number of aryl methyl sites for hydroxylation is 1. The molecular formula is C16H19FN2O. The Kier molecular flexibility index (Phi) is 3.72. The highest BCUT2D eigenvalue weighted by Gasteiger charge is 2.21. The number of aromatic nitrogens is 1. The molecule has 4 heteroatoms. The summed E-state index contributed by atoms with van der Waals surface area (Å²) in [6, 6.07) is 6.62. The SMILES string of the molecule is Nc1onc(CCC2CCCC2)c1-c1ccccc1F. The summed E-state index contributed by atoms with van der Waals surface area (Å²) in [6.07, 6.45) is 7.12. The van der Waals surface area contributed by atoms with Gasteiger partial charge in [0.1, 0.15) is 5.82 Å². The van der Waals surface area contributed by atoms with Gasteiger partial charge in [-0.3, -0.25) is 0 Å². The zero-order chi connectivity index (χ0) is 13.9. The third-order valence-electron chi connectivity index (χ3n) is 4.20. The Morgan fingerprint density at radius 2 is 2.00 bits per heavy atom. The highest BCUT2D eigenvalue weighted by atomic mass is 19.1. The van der Waals surface area contributed by atoms with Crippen molar-refractivity contribution in [1.29, 1.82) is 0 Å². The minimum Gasteiger partial charge on any atom is -0.367 e. The van der Waals surface area contributed by atoms with Gasteiger partial charge >= 0.3 is 0 Å². The maximum atomic E-state index is 13.9. The summed E-state index contributed by atoms with van der Waals surface area (Å²) in [5.74, 6) is 0.683. The molecule has 1 saturated carbocycles. The molecule has 2 N–H and O–H groups in total. The van der Waals surface area contributed by atoms with E-state index >= 15 is 0 Å². The van der Waals surface area contributed by atoms with Crippen molar-refractivity contribution in [2.24, 2.45) is 5.92 Å². The fourth-order valence-corrected chi connectivity index (χ4v) is 3.10. The van der Waals surface area contributed by atoms with Crippen molar-refractivity contribution < 1.29 is 8.91 Å². The Balaban J connectivity index is 1.84. The smallest absolute Gasteiger partial charge is 0.230 e.